The molecule has 1 aromatic carbocycles. The van der Waals surface area contributed by atoms with Gasteiger partial charge < -0.3 is 10.3 Å². The van der Waals surface area contributed by atoms with E-state index in [1.54, 1.807) is 0 Å². The van der Waals surface area contributed by atoms with Crippen LogP contribution < -0.4 is 5.32 Å². The van der Waals surface area contributed by atoms with Crippen LogP contribution in [0.4, 0.5) is 0 Å². The summed E-state index contributed by atoms with van der Waals surface area (Å²) in [6.45, 7) is 3.25. The summed E-state index contributed by atoms with van der Waals surface area (Å²) in [7, 11) is 0. The third-order valence-electron chi connectivity index (χ3n) is 3.91. The molecule has 1 aromatic heterocycles. The van der Waals surface area contributed by atoms with Crippen molar-refractivity contribution in [2.24, 2.45) is 5.92 Å². The molecule has 0 spiro atoms. The molecule has 0 bridgehead atoms. The van der Waals surface area contributed by atoms with Crippen LogP contribution in [0.1, 0.15) is 38.1 Å². The second kappa shape index (κ2) is 5.57. The number of nitrogens with zero attached hydrogens (tertiary/aromatic N) is 1. The molecule has 0 amide bonds. The van der Waals surface area contributed by atoms with E-state index in [1.165, 1.54) is 19.3 Å². The summed E-state index contributed by atoms with van der Waals surface area (Å²) in [5.41, 5.74) is 2.17. The van der Waals surface area contributed by atoms with E-state index in [0.29, 0.717) is 0 Å². The second-order valence-corrected chi connectivity index (χ2v) is 5.42. The Hall–Kier alpha value is -1.61. The van der Waals surface area contributed by atoms with Crippen LogP contribution in [-0.4, -0.2) is 16.5 Å². The van der Waals surface area contributed by atoms with Crippen LogP contribution in [0.3, 0.4) is 0 Å². The minimum Gasteiger partial charge on any atom is -0.341 e. The van der Waals surface area contributed by atoms with Gasteiger partial charge in [0.05, 0.1) is 17.1 Å². The smallest absolute Gasteiger partial charge is 0.124 e. The van der Waals surface area contributed by atoms with Crippen molar-refractivity contribution in [2.45, 2.75) is 32.2 Å². The van der Waals surface area contributed by atoms with Crippen molar-refractivity contribution in [3.63, 3.8) is 0 Å². The SMILES string of the molecule is CC(NCC1CC=CCC1)c1nc2ccccc2[nH]1. The first kappa shape index (κ1) is 12.4. The van der Waals surface area contributed by atoms with E-state index in [0.717, 1.165) is 29.3 Å². The first-order valence-corrected chi connectivity index (χ1v) is 7.16. The predicted octanol–water partition coefficient (Wildman–Crippen LogP) is 3.57. The maximum absolute atomic E-state index is 4.64. The van der Waals surface area contributed by atoms with Gasteiger partial charge in [-0.1, -0.05) is 24.3 Å². The monoisotopic (exact) mass is 255 g/mol. The number of aromatic amines is 1. The lowest BCUT2D eigenvalue weighted by atomic mass is 9.94. The van der Waals surface area contributed by atoms with Crippen LogP contribution in [0, 0.1) is 5.92 Å². The van der Waals surface area contributed by atoms with E-state index < -0.39 is 0 Å². The summed E-state index contributed by atoms with van der Waals surface area (Å²) in [5, 5.41) is 3.60. The van der Waals surface area contributed by atoms with E-state index in [4.69, 9.17) is 0 Å². The molecule has 1 aliphatic rings. The quantitative estimate of drug-likeness (QED) is 0.820. The highest BCUT2D eigenvalue weighted by Crippen LogP contribution is 2.19. The molecule has 0 saturated heterocycles. The largest absolute Gasteiger partial charge is 0.341 e. The number of hydrogen-bond donors (Lipinski definition) is 2. The van der Waals surface area contributed by atoms with Gasteiger partial charge in [0.1, 0.15) is 5.82 Å². The number of aromatic nitrogens is 2. The molecule has 3 nitrogen and oxygen atoms in total. The number of H-pyrrole nitrogens is 1. The van der Waals surface area contributed by atoms with Crippen molar-refractivity contribution in [1.29, 1.82) is 0 Å². The van der Waals surface area contributed by atoms with Crippen LogP contribution in [-0.2, 0) is 0 Å². The molecule has 2 unspecified atom stereocenters. The zero-order valence-electron chi connectivity index (χ0n) is 11.4. The molecule has 0 saturated carbocycles. The maximum atomic E-state index is 4.64. The van der Waals surface area contributed by atoms with Crippen molar-refractivity contribution in [3.8, 4) is 0 Å². The van der Waals surface area contributed by atoms with Crippen LogP contribution in [0.15, 0.2) is 36.4 Å². The zero-order chi connectivity index (χ0) is 13.1. The molecule has 100 valence electrons. The van der Waals surface area contributed by atoms with E-state index in [2.05, 4.69) is 40.4 Å². The number of hydrogen-bond acceptors (Lipinski definition) is 2. The third-order valence-corrected chi connectivity index (χ3v) is 3.91. The van der Waals surface area contributed by atoms with E-state index in [1.807, 2.05) is 18.2 Å². The normalized spacial score (nSPS) is 20.8. The van der Waals surface area contributed by atoms with Crippen molar-refractivity contribution >= 4 is 11.0 Å². The van der Waals surface area contributed by atoms with Gasteiger partial charge in [0, 0.05) is 0 Å². The first-order chi connectivity index (χ1) is 9.33. The molecule has 1 aliphatic carbocycles. The van der Waals surface area contributed by atoms with E-state index in [9.17, 15) is 0 Å². The van der Waals surface area contributed by atoms with Crippen LogP contribution in [0.25, 0.3) is 11.0 Å². The minimum atomic E-state index is 0.276. The van der Waals surface area contributed by atoms with Gasteiger partial charge in [0.15, 0.2) is 0 Å². The third kappa shape index (κ3) is 2.87. The highest BCUT2D eigenvalue weighted by molar-refractivity contribution is 5.74. The molecular weight excluding hydrogens is 234 g/mol. The average molecular weight is 255 g/mol. The Morgan fingerprint density at radius 1 is 1.37 bits per heavy atom. The summed E-state index contributed by atoms with van der Waals surface area (Å²) in [6.07, 6.45) is 8.34. The van der Waals surface area contributed by atoms with Crippen LogP contribution in [0.2, 0.25) is 0 Å². The Morgan fingerprint density at radius 3 is 3.05 bits per heavy atom. The number of nitrogens with one attached hydrogen (secondary N) is 2. The van der Waals surface area contributed by atoms with Gasteiger partial charge in [0.25, 0.3) is 0 Å². The average Bonchev–Trinajstić information content (AvgIpc) is 2.90. The maximum Gasteiger partial charge on any atom is 0.124 e. The van der Waals surface area contributed by atoms with E-state index in [-0.39, 0.29) is 6.04 Å². The Bertz CT molecular complexity index is 537. The topological polar surface area (TPSA) is 40.7 Å². The molecule has 2 atom stereocenters. The Morgan fingerprint density at radius 2 is 2.26 bits per heavy atom. The molecule has 3 heteroatoms. The number of fused-ring (bicyclic) bond motifs is 1. The Kier molecular flexibility index (Phi) is 3.65. The molecule has 0 fully saturated rings. The van der Waals surface area contributed by atoms with Gasteiger partial charge in [0.2, 0.25) is 0 Å². The first-order valence-electron chi connectivity index (χ1n) is 7.16. The lowest BCUT2D eigenvalue weighted by Crippen LogP contribution is -2.26. The van der Waals surface area contributed by atoms with Crippen molar-refractivity contribution in [3.05, 3.63) is 42.2 Å². The highest BCUT2D eigenvalue weighted by atomic mass is 15.0. The van der Waals surface area contributed by atoms with Gasteiger partial charge >= 0.3 is 0 Å². The molecule has 2 aromatic rings. The van der Waals surface area contributed by atoms with Gasteiger partial charge in [-0.3, -0.25) is 0 Å². The van der Waals surface area contributed by atoms with Gasteiger partial charge in [-0.25, -0.2) is 4.98 Å². The fourth-order valence-corrected chi connectivity index (χ4v) is 2.66. The van der Waals surface area contributed by atoms with Crippen LogP contribution in [0.5, 0.6) is 0 Å². The number of benzene rings is 1. The number of para-hydroxylation sites is 2. The zero-order valence-corrected chi connectivity index (χ0v) is 11.4. The van der Waals surface area contributed by atoms with Gasteiger partial charge in [-0.15, -0.1) is 0 Å². The second-order valence-electron chi connectivity index (χ2n) is 5.42. The Labute approximate surface area is 114 Å². The lowest BCUT2D eigenvalue weighted by Gasteiger charge is -2.20. The van der Waals surface area contributed by atoms with Crippen LogP contribution >= 0.6 is 0 Å². The standard InChI is InChI=1S/C16H21N3/c1-12(17-11-13-7-3-2-4-8-13)16-18-14-9-5-6-10-15(14)19-16/h2-3,5-6,9-10,12-13,17H,4,7-8,11H2,1H3,(H,18,19). The molecule has 3 rings (SSSR count). The summed E-state index contributed by atoms with van der Waals surface area (Å²) >= 11 is 0. The Balaban J connectivity index is 1.63. The number of rotatable bonds is 4. The van der Waals surface area contributed by atoms with Gasteiger partial charge in [-0.2, -0.15) is 0 Å². The predicted molar refractivity (Wildman–Crippen MR) is 79.0 cm³/mol. The van der Waals surface area contributed by atoms with Crippen molar-refractivity contribution in [2.75, 3.05) is 6.54 Å². The summed E-state index contributed by atoms with van der Waals surface area (Å²) in [6, 6.07) is 8.47. The number of imidazole rings is 1. The molecule has 0 radical (unpaired) electrons. The fourth-order valence-electron chi connectivity index (χ4n) is 2.66. The van der Waals surface area contributed by atoms with Crippen molar-refractivity contribution < 1.29 is 0 Å². The van der Waals surface area contributed by atoms with E-state index >= 15 is 0 Å². The summed E-state index contributed by atoms with van der Waals surface area (Å²) in [4.78, 5) is 8.04. The number of allylic oxidation sites excluding steroid dienone is 2. The molecular formula is C16H21N3. The van der Waals surface area contributed by atoms with Gasteiger partial charge in [-0.05, 0) is 50.8 Å². The molecule has 19 heavy (non-hydrogen) atoms. The fraction of sp³-hybridized carbons (Fsp3) is 0.438. The lowest BCUT2D eigenvalue weighted by molar-refractivity contribution is 0.410. The van der Waals surface area contributed by atoms with Crippen molar-refractivity contribution in [1.82, 2.24) is 15.3 Å². The molecule has 1 heterocycles. The molecule has 0 aliphatic heterocycles. The summed E-state index contributed by atoms with van der Waals surface area (Å²) < 4.78 is 0. The minimum absolute atomic E-state index is 0.276. The summed E-state index contributed by atoms with van der Waals surface area (Å²) in [5.74, 6) is 1.81. The molecule has 2 N–H and O–H groups in total. The highest BCUT2D eigenvalue weighted by Gasteiger charge is 2.14.